The number of hydrogen-bond donors (Lipinski definition) is 2. The molecule has 0 aromatic carbocycles. The largest absolute Gasteiger partial charge is 0.458 e. The van der Waals surface area contributed by atoms with Crippen molar-refractivity contribution in [1.29, 1.82) is 0 Å². The van der Waals surface area contributed by atoms with E-state index in [1.54, 1.807) is 12.3 Å². The van der Waals surface area contributed by atoms with Gasteiger partial charge in [-0.2, -0.15) is 0 Å². The molecule has 0 radical (unpaired) electrons. The maximum Gasteiger partial charge on any atom is 0.324 e. The van der Waals surface area contributed by atoms with Crippen LogP contribution in [-0.2, 0) is 16.1 Å². The Balaban J connectivity index is 1.86. The van der Waals surface area contributed by atoms with Crippen LogP contribution in [0.2, 0.25) is 0 Å². The molecule has 0 saturated carbocycles. The molecule has 1 aliphatic heterocycles. The van der Waals surface area contributed by atoms with Gasteiger partial charge in [0.05, 0.1) is 5.69 Å². The van der Waals surface area contributed by atoms with Gasteiger partial charge in [0.15, 0.2) is 0 Å². The molecule has 1 aliphatic rings. The first-order valence-electron chi connectivity index (χ1n) is 6.02. The summed E-state index contributed by atoms with van der Waals surface area (Å²) in [7, 11) is 0. The van der Waals surface area contributed by atoms with E-state index >= 15 is 0 Å². The zero-order valence-corrected chi connectivity index (χ0v) is 10.2. The highest BCUT2D eigenvalue weighted by molar-refractivity contribution is 5.75. The predicted octanol–water partition coefficient (Wildman–Crippen LogP) is 1.02. The fraction of sp³-hybridized carbons (Fsp3) is 0.385. The van der Waals surface area contributed by atoms with Gasteiger partial charge in [-0.15, -0.1) is 0 Å². The lowest BCUT2D eigenvalue weighted by Gasteiger charge is -2.22. The lowest BCUT2D eigenvalue weighted by molar-refractivity contribution is -0.148. The third-order valence-electron chi connectivity index (χ3n) is 2.79. The molecule has 96 valence electrons. The van der Waals surface area contributed by atoms with Gasteiger partial charge in [-0.3, -0.25) is 15.2 Å². The first-order chi connectivity index (χ1) is 8.79. The van der Waals surface area contributed by atoms with Gasteiger partial charge in [0.2, 0.25) is 0 Å². The molecule has 0 spiro atoms. The van der Waals surface area contributed by atoms with E-state index in [4.69, 9.17) is 4.74 Å². The number of hydrogen-bond acceptors (Lipinski definition) is 5. The van der Waals surface area contributed by atoms with Crippen LogP contribution in [0.15, 0.2) is 24.9 Å². The van der Waals surface area contributed by atoms with Crippen LogP contribution in [-0.4, -0.2) is 23.5 Å². The second-order valence-corrected chi connectivity index (χ2v) is 4.16. The van der Waals surface area contributed by atoms with Gasteiger partial charge in [0.25, 0.3) is 0 Å². The highest BCUT2D eigenvalue weighted by Crippen LogP contribution is 2.07. The van der Waals surface area contributed by atoms with E-state index in [-0.39, 0.29) is 18.6 Å². The standard InChI is InChI=1S/C13H17N3O2/c1-2-10-5-7-14-11(8-10)9-18-13(17)12-4-3-6-15-16-12/h2,5,7-8,12,15-16H,1,3-4,6,9H2/t12-/m0/s1. The number of aromatic nitrogens is 1. The molecular weight excluding hydrogens is 230 g/mol. The van der Waals surface area contributed by atoms with E-state index in [0.717, 1.165) is 30.6 Å². The van der Waals surface area contributed by atoms with E-state index < -0.39 is 0 Å². The summed E-state index contributed by atoms with van der Waals surface area (Å²) >= 11 is 0. The lowest BCUT2D eigenvalue weighted by Crippen LogP contribution is -2.50. The van der Waals surface area contributed by atoms with Gasteiger partial charge in [0, 0.05) is 12.7 Å². The minimum Gasteiger partial charge on any atom is -0.458 e. The number of nitrogens with zero attached hydrogens (tertiary/aromatic N) is 1. The zero-order chi connectivity index (χ0) is 12.8. The van der Waals surface area contributed by atoms with Crippen molar-refractivity contribution in [3.63, 3.8) is 0 Å². The average Bonchev–Trinajstić information content (AvgIpc) is 2.46. The molecule has 0 unspecified atom stereocenters. The van der Waals surface area contributed by atoms with Crippen LogP contribution >= 0.6 is 0 Å². The minimum atomic E-state index is -0.263. The van der Waals surface area contributed by atoms with Crippen LogP contribution in [0.3, 0.4) is 0 Å². The lowest BCUT2D eigenvalue weighted by atomic mass is 10.1. The molecular formula is C13H17N3O2. The van der Waals surface area contributed by atoms with Gasteiger partial charge >= 0.3 is 5.97 Å². The Bertz CT molecular complexity index is 428. The highest BCUT2D eigenvalue weighted by atomic mass is 16.5. The zero-order valence-electron chi connectivity index (χ0n) is 10.2. The molecule has 1 aromatic heterocycles. The molecule has 1 saturated heterocycles. The Hall–Kier alpha value is -1.72. The average molecular weight is 247 g/mol. The van der Waals surface area contributed by atoms with Gasteiger partial charge in [0.1, 0.15) is 12.6 Å². The normalized spacial score (nSPS) is 19.2. The van der Waals surface area contributed by atoms with Gasteiger partial charge in [-0.25, -0.2) is 5.43 Å². The van der Waals surface area contributed by atoms with Crippen LogP contribution in [0, 0.1) is 0 Å². The van der Waals surface area contributed by atoms with Crippen LogP contribution in [0.4, 0.5) is 0 Å². The summed E-state index contributed by atoms with van der Waals surface area (Å²) in [5.74, 6) is -0.243. The highest BCUT2D eigenvalue weighted by Gasteiger charge is 2.21. The molecule has 0 amide bonds. The fourth-order valence-electron chi connectivity index (χ4n) is 1.79. The smallest absolute Gasteiger partial charge is 0.324 e. The van der Waals surface area contributed by atoms with E-state index in [1.165, 1.54) is 0 Å². The topological polar surface area (TPSA) is 63.2 Å². The summed E-state index contributed by atoms with van der Waals surface area (Å²) in [6.45, 7) is 4.76. The number of pyridine rings is 1. The second kappa shape index (κ2) is 6.28. The van der Waals surface area contributed by atoms with Crippen LogP contribution < -0.4 is 10.9 Å². The number of rotatable bonds is 4. The van der Waals surface area contributed by atoms with Crippen molar-refractivity contribution >= 4 is 12.0 Å². The third-order valence-corrected chi connectivity index (χ3v) is 2.79. The summed E-state index contributed by atoms with van der Waals surface area (Å²) in [6, 6.07) is 3.44. The van der Waals surface area contributed by atoms with E-state index in [1.807, 2.05) is 12.1 Å². The van der Waals surface area contributed by atoms with E-state index in [0.29, 0.717) is 0 Å². The van der Waals surface area contributed by atoms with Gasteiger partial charge in [-0.1, -0.05) is 12.7 Å². The molecule has 2 N–H and O–H groups in total. The van der Waals surface area contributed by atoms with Crippen molar-refractivity contribution in [3.05, 3.63) is 36.2 Å². The number of carbonyl (C=O) groups excluding carboxylic acids is 1. The van der Waals surface area contributed by atoms with Crippen molar-refractivity contribution in [2.75, 3.05) is 6.54 Å². The SMILES string of the molecule is C=Cc1ccnc(COC(=O)[C@@H]2CCCNN2)c1. The molecule has 0 bridgehead atoms. The van der Waals surface area contributed by atoms with Crippen LogP contribution in [0.1, 0.15) is 24.1 Å². The summed E-state index contributed by atoms with van der Waals surface area (Å²) in [6.07, 6.45) is 5.18. The number of esters is 1. The van der Waals surface area contributed by atoms with Gasteiger partial charge in [-0.05, 0) is 30.5 Å². The van der Waals surface area contributed by atoms with Crippen molar-refractivity contribution in [3.8, 4) is 0 Å². The van der Waals surface area contributed by atoms with Crippen molar-refractivity contribution in [1.82, 2.24) is 15.8 Å². The summed E-state index contributed by atoms with van der Waals surface area (Å²) in [5, 5.41) is 0. The summed E-state index contributed by atoms with van der Waals surface area (Å²) in [4.78, 5) is 15.9. The minimum absolute atomic E-state index is 0.193. The molecule has 1 fully saturated rings. The predicted molar refractivity (Wildman–Crippen MR) is 68.3 cm³/mol. The number of nitrogens with one attached hydrogen (secondary N) is 2. The van der Waals surface area contributed by atoms with Crippen molar-refractivity contribution in [2.24, 2.45) is 0 Å². The Labute approximate surface area is 106 Å². The summed E-state index contributed by atoms with van der Waals surface area (Å²) < 4.78 is 5.23. The van der Waals surface area contributed by atoms with Crippen LogP contribution in [0.5, 0.6) is 0 Å². The first-order valence-corrected chi connectivity index (χ1v) is 6.02. The molecule has 1 atom stereocenters. The Morgan fingerprint density at radius 1 is 1.67 bits per heavy atom. The third kappa shape index (κ3) is 3.38. The van der Waals surface area contributed by atoms with E-state index in [2.05, 4.69) is 22.4 Å². The molecule has 2 rings (SSSR count). The number of ether oxygens (including phenoxy) is 1. The quantitative estimate of drug-likeness (QED) is 0.778. The van der Waals surface area contributed by atoms with E-state index in [9.17, 15) is 4.79 Å². The molecule has 18 heavy (non-hydrogen) atoms. The monoisotopic (exact) mass is 247 g/mol. The number of carbonyl (C=O) groups is 1. The van der Waals surface area contributed by atoms with Crippen molar-refractivity contribution in [2.45, 2.75) is 25.5 Å². The molecule has 5 nitrogen and oxygen atoms in total. The summed E-state index contributed by atoms with van der Waals surface area (Å²) in [5.41, 5.74) is 7.56. The molecule has 0 aliphatic carbocycles. The van der Waals surface area contributed by atoms with Crippen LogP contribution in [0.25, 0.3) is 6.08 Å². The maximum atomic E-state index is 11.8. The fourth-order valence-corrected chi connectivity index (χ4v) is 1.79. The number of hydrazine groups is 1. The Morgan fingerprint density at radius 3 is 3.28 bits per heavy atom. The first kappa shape index (κ1) is 12.7. The Morgan fingerprint density at radius 2 is 2.56 bits per heavy atom. The van der Waals surface area contributed by atoms with Crippen molar-refractivity contribution < 1.29 is 9.53 Å². The molecule has 1 aromatic rings. The molecule has 5 heteroatoms. The Kier molecular flexibility index (Phi) is 4.44. The molecule has 2 heterocycles. The second-order valence-electron chi connectivity index (χ2n) is 4.16. The van der Waals surface area contributed by atoms with Gasteiger partial charge < -0.3 is 4.74 Å². The maximum absolute atomic E-state index is 11.8.